The number of rotatable bonds is 5. The minimum Gasteiger partial charge on any atom is -0.339 e. The van der Waals surface area contributed by atoms with Crippen molar-refractivity contribution < 1.29 is 18.7 Å². The second-order valence-corrected chi connectivity index (χ2v) is 7.85. The molecule has 0 spiro atoms. The summed E-state index contributed by atoms with van der Waals surface area (Å²) >= 11 is 0. The minimum atomic E-state index is -0.481. The molecule has 27 heavy (non-hydrogen) atoms. The number of aryl methyl sites for hydroxylation is 1. The summed E-state index contributed by atoms with van der Waals surface area (Å²) in [5.41, 5.74) is 1.22. The Morgan fingerprint density at radius 3 is 2.37 bits per heavy atom. The maximum atomic E-state index is 13.7. The number of benzene rings is 2. The van der Waals surface area contributed by atoms with Gasteiger partial charge in [-0.1, -0.05) is 30.3 Å². The highest BCUT2D eigenvalue weighted by molar-refractivity contribution is 5.90. The third-order valence-corrected chi connectivity index (χ3v) is 5.28. The second kappa shape index (κ2) is 7.41. The zero-order chi connectivity index (χ0) is 19.7. The molecule has 1 aliphatic rings. The number of hydrogen-bond donors (Lipinski definition) is 1. The average molecular weight is 371 g/mol. The molecule has 0 radical (unpaired) electrons. The minimum absolute atomic E-state index is 0.163. The SMILES string of the molecule is CC1(C)OC(c2cccc(NC(=O)CCc3ccccc3F)c2)OC1(C)C. The standard InChI is InChI=1S/C22H26FNO3/c1-21(2)22(3,4)27-20(26-21)16-9-7-10-17(14-16)24-19(25)13-12-15-8-5-6-11-18(15)23/h5-11,14,20H,12-13H2,1-4H3,(H,24,25). The first-order chi connectivity index (χ1) is 12.7. The Kier molecular flexibility index (Phi) is 5.36. The maximum absolute atomic E-state index is 13.7. The van der Waals surface area contributed by atoms with E-state index in [1.165, 1.54) is 6.07 Å². The topological polar surface area (TPSA) is 47.6 Å². The van der Waals surface area contributed by atoms with Crippen molar-refractivity contribution in [3.63, 3.8) is 0 Å². The third kappa shape index (κ3) is 4.37. The highest BCUT2D eigenvalue weighted by atomic mass is 19.1. The van der Waals surface area contributed by atoms with Gasteiger partial charge in [0.2, 0.25) is 5.91 Å². The van der Waals surface area contributed by atoms with Crippen LogP contribution in [0.4, 0.5) is 10.1 Å². The summed E-state index contributed by atoms with van der Waals surface area (Å²) in [4.78, 5) is 12.2. The van der Waals surface area contributed by atoms with Crippen LogP contribution in [0.25, 0.3) is 0 Å². The highest BCUT2D eigenvalue weighted by Crippen LogP contribution is 2.44. The lowest BCUT2D eigenvalue weighted by atomic mass is 9.90. The number of halogens is 1. The molecule has 2 aromatic carbocycles. The number of hydrogen-bond acceptors (Lipinski definition) is 3. The predicted octanol–water partition coefficient (Wildman–Crippen LogP) is 5.00. The summed E-state index contributed by atoms with van der Waals surface area (Å²) in [6, 6.07) is 13.9. The van der Waals surface area contributed by atoms with Crippen LogP contribution in [0.2, 0.25) is 0 Å². The van der Waals surface area contributed by atoms with Gasteiger partial charge < -0.3 is 14.8 Å². The molecule has 4 nitrogen and oxygen atoms in total. The van der Waals surface area contributed by atoms with Gasteiger partial charge in [0, 0.05) is 17.7 Å². The van der Waals surface area contributed by atoms with E-state index in [1.807, 2.05) is 52.0 Å². The lowest BCUT2D eigenvalue weighted by Gasteiger charge is -2.30. The van der Waals surface area contributed by atoms with Gasteiger partial charge in [0.1, 0.15) is 5.82 Å². The Hall–Kier alpha value is -2.24. The molecule has 0 bridgehead atoms. The molecule has 1 N–H and O–H groups in total. The van der Waals surface area contributed by atoms with E-state index >= 15 is 0 Å². The first-order valence-corrected chi connectivity index (χ1v) is 9.17. The van der Waals surface area contributed by atoms with E-state index in [0.29, 0.717) is 17.7 Å². The first-order valence-electron chi connectivity index (χ1n) is 9.17. The number of nitrogens with one attached hydrogen (secondary N) is 1. The molecule has 0 unspecified atom stereocenters. The fourth-order valence-electron chi connectivity index (χ4n) is 2.92. The Balaban J connectivity index is 1.63. The van der Waals surface area contributed by atoms with E-state index in [0.717, 1.165) is 5.56 Å². The van der Waals surface area contributed by atoms with Crippen molar-refractivity contribution in [2.45, 2.75) is 58.0 Å². The molecule has 0 aliphatic carbocycles. The third-order valence-electron chi connectivity index (χ3n) is 5.28. The molecule has 1 amide bonds. The van der Waals surface area contributed by atoms with Gasteiger partial charge in [-0.05, 0) is 57.9 Å². The monoisotopic (exact) mass is 371 g/mol. The van der Waals surface area contributed by atoms with Crippen molar-refractivity contribution in [3.8, 4) is 0 Å². The predicted molar refractivity (Wildman–Crippen MR) is 103 cm³/mol. The maximum Gasteiger partial charge on any atom is 0.224 e. The van der Waals surface area contributed by atoms with Crippen LogP contribution in [0.5, 0.6) is 0 Å². The van der Waals surface area contributed by atoms with Crippen LogP contribution in [0.3, 0.4) is 0 Å². The van der Waals surface area contributed by atoms with Gasteiger partial charge in [0.05, 0.1) is 11.2 Å². The Morgan fingerprint density at radius 2 is 1.70 bits per heavy atom. The number of carbonyl (C=O) groups excluding carboxylic acids is 1. The van der Waals surface area contributed by atoms with Crippen molar-refractivity contribution in [2.24, 2.45) is 0 Å². The fraction of sp³-hybridized carbons (Fsp3) is 0.409. The van der Waals surface area contributed by atoms with Crippen LogP contribution in [-0.2, 0) is 20.7 Å². The molecule has 0 saturated carbocycles. The van der Waals surface area contributed by atoms with Crippen LogP contribution < -0.4 is 5.32 Å². The van der Waals surface area contributed by atoms with Crippen LogP contribution in [0, 0.1) is 5.82 Å². The lowest BCUT2D eigenvalue weighted by Crippen LogP contribution is -2.41. The molecule has 1 fully saturated rings. The summed E-state index contributed by atoms with van der Waals surface area (Å²) in [5, 5.41) is 2.86. The van der Waals surface area contributed by atoms with Crippen molar-refractivity contribution >= 4 is 11.6 Å². The number of ether oxygens (including phenoxy) is 2. The van der Waals surface area contributed by atoms with E-state index in [4.69, 9.17) is 9.47 Å². The summed E-state index contributed by atoms with van der Waals surface area (Å²) in [5.74, 6) is -0.447. The van der Waals surface area contributed by atoms with Gasteiger partial charge in [-0.3, -0.25) is 4.79 Å². The van der Waals surface area contributed by atoms with Crippen molar-refractivity contribution in [3.05, 3.63) is 65.5 Å². The lowest BCUT2D eigenvalue weighted by molar-refractivity contribution is -0.116. The number of carbonyl (C=O) groups is 1. The second-order valence-electron chi connectivity index (χ2n) is 7.85. The van der Waals surface area contributed by atoms with Crippen LogP contribution >= 0.6 is 0 Å². The molecule has 1 saturated heterocycles. The van der Waals surface area contributed by atoms with Gasteiger partial charge in [0.15, 0.2) is 6.29 Å². The Bertz CT molecular complexity index is 816. The molecular formula is C22H26FNO3. The quantitative estimate of drug-likeness (QED) is 0.805. The number of amides is 1. The van der Waals surface area contributed by atoms with E-state index in [9.17, 15) is 9.18 Å². The summed E-state index contributed by atoms with van der Waals surface area (Å²) < 4.78 is 25.8. The molecule has 0 atom stereocenters. The molecule has 3 rings (SSSR count). The number of anilines is 1. The van der Waals surface area contributed by atoms with Gasteiger partial charge in [-0.25, -0.2) is 4.39 Å². The summed E-state index contributed by atoms with van der Waals surface area (Å²) in [6.45, 7) is 8.01. The van der Waals surface area contributed by atoms with Gasteiger partial charge >= 0.3 is 0 Å². The van der Waals surface area contributed by atoms with Crippen molar-refractivity contribution in [2.75, 3.05) is 5.32 Å². The van der Waals surface area contributed by atoms with Crippen molar-refractivity contribution in [1.82, 2.24) is 0 Å². The molecule has 0 aromatic heterocycles. The Morgan fingerprint density at radius 1 is 1.04 bits per heavy atom. The van der Waals surface area contributed by atoms with E-state index in [2.05, 4.69) is 5.32 Å². The van der Waals surface area contributed by atoms with E-state index in [-0.39, 0.29) is 18.1 Å². The van der Waals surface area contributed by atoms with Crippen LogP contribution in [0.15, 0.2) is 48.5 Å². The highest BCUT2D eigenvalue weighted by Gasteiger charge is 2.49. The smallest absolute Gasteiger partial charge is 0.224 e. The average Bonchev–Trinajstić information content (AvgIpc) is 2.82. The van der Waals surface area contributed by atoms with Gasteiger partial charge in [0.25, 0.3) is 0 Å². The van der Waals surface area contributed by atoms with E-state index < -0.39 is 17.5 Å². The zero-order valence-corrected chi connectivity index (χ0v) is 16.2. The molecule has 2 aromatic rings. The van der Waals surface area contributed by atoms with Gasteiger partial charge in [-0.15, -0.1) is 0 Å². The molecular weight excluding hydrogens is 345 g/mol. The normalized spacial score (nSPS) is 18.4. The largest absolute Gasteiger partial charge is 0.339 e. The molecule has 144 valence electrons. The van der Waals surface area contributed by atoms with Crippen LogP contribution in [0.1, 0.15) is 51.5 Å². The summed E-state index contributed by atoms with van der Waals surface area (Å²) in [7, 11) is 0. The fourth-order valence-corrected chi connectivity index (χ4v) is 2.92. The van der Waals surface area contributed by atoms with Gasteiger partial charge in [-0.2, -0.15) is 0 Å². The first kappa shape index (κ1) is 19.5. The summed E-state index contributed by atoms with van der Waals surface area (Å²) in [6.07, 6.45) is 0.0853. The molecule has 5 heteroatoms. The molecule has 1 aliphatic heterocycles. The Labute approximate surface area is 159 Å². The van der Waals surface area contributed by atoms with Crippen LogP contribution in [-0.4, -0.2) is 17.1 Å². The zero-order valence-electron chi connectivity index (χ0n) is 16.2. The van der Waals surface area contributed by atoms with Crippen molar-refractivity contribution in [1.29, 1.82) is 0 Å². The van der Waals surface area contributed by atoms with E-state index in [1.54, 1.807) is 18.2 Å². The molecule has 1 heterocycles.